The first-order valence-electron chi connectivity index (χ1n) is 9.70. The van der Waals surface area contributed by atoms with Crippen LogP contribution in [-0.4, -0.2) is 24.5 Å². The first-order valence-corrected chi connectivity index (χ1v) is 9.70. The number of aliphatic carboxylic acids is 1. The van der Waals surface area contributed by atoms with Crippen molar-refractivity contribution < 1.29 is 37.3 Å². The van der Waals surface area contributed by atoms with E-state index in [0.29, 0.717) is 16.9 Å². The number of halogens is 3. The Morgan fingerprint density at radius 2 is 1.53 bits per heavy atom. The van der Waals surface area contributed by atoms with Gasteiger partial charge in [0, 0.05) is 6.42 Å². The molecule has 0 aliphatic carbocycles. The highest BCUT2D eigenvalue weighted by atomic mass is 19.4. The molecule has 0 fully saturated rings. The minimum Gasteiger partial charge on any atom is -0.497 e. The molecule has 0 saturated heterocycles. The lowest BCUT2D eigenvalue weighted by atomic mass is 10.00. The molecule has 5 nitrogen and oxygen atoms in total. The summed E-state index contributed by atoms with van der Waals surface area (Å²) in [6.07, 6.45) is -4.59. The quantitative estimate of drug-likeness (QED) is 0.446. The number of carboxylic acid groups (broad SMARTS) is 1. The molecule has 0 heterocycles. The van der Waals surface area contributed by atoms with Crippen molar-refractivity contribution in [1.82, 2.24) is 0 Å². The summed E-state index contributed by atoms with van der Waals surface area (Å²) in [6, 6.07) is 18.1. The van der Waals surface area contributed by atoms with Crippen LogP contribution in [0.5, 0.6) is 17.2 Å². The lowest BCUT2D eigenvalue weighted by Gasteiger charge is -2.14. The van der Waals surface area contributed by atoms with Gasteiger partial charge in [-0.3, -0.25) is 4.79 Å². The number of carbonyl (C=O) groups is 1. The summed E-state index contributed by atoms with van der Waals surface area (Å²) in [5.74, 6) is 0.0201. The molecule has 0 radical (unpaired) electrons. The maximum atomic E-state index is 12.4. The van der Waals surface area contributed by atoms with Gasteiger partial charge in [-0.2, -0.15) is 0 Å². The van der Waals surface area contributed by atoms with Crippen molar-refractivity contribution >= 4 is 5.97 Å². The molecule has 0 aliphatic rings. The summed E-state index contributed by atoms with van der Waals surface area (Å²) in [6.45, 7) is 0.285. The average Bonchev–Trinajstić information content (AvgIpc) is 2.76. The molecule has 168 valence electrons. The van der Waals surface area contributed by atoms with E-state index in [4.69, 9.17) is 14.6 Å². The first-order chi connectivity index (χ1) is 15.2. The lowest BCUT2D eigenvalue weighted by molar-refractivity contribution is -0.274. The summed E-state index contributed by atoms with van der Waals surface area (Å²) in [7, 11) is 1.58. The van der Waals surface area contributed by atoms with Crippen molar-refractivity contribution in [2.75, 3.05) is 7.11 Å². The zero-order valence-electron chi connectivity index (χ0n) is 17.2. The number of ether oxygens (including phenoxy) is 3. The fraction of sp³-hybridized carbons (Fsp3) is 0.208. The molecule has 3 rings (SSSR count). The summed E-state index contributed by atoms with van der Waals surface area (Å²) in [5.41, 5.74) is 2.99. The van der Waals surface area contributed by atoms with Gasteiger partial charge in [0.2, 0.25) is 0 Å². The van der Waals surface area contributed by atoms with Crippen LogP contribution in [-0.2, 0) is 17.8 Å². The van der Waals surface area contributed by atoms with Crippen LogP contribution in [0.25, 0.3) is 11.1 Å². The highest BCUT2D eigenvalue weighted by Gasteiger charge is 2.30. The van der Waals surface area contributed by atoms with Crippen LogP contribution in [0.3, 0.4) is 0 Å². The van der Waals surface area contributed by atoms with E-state index in [0.717, 1.165) is 16.9 Å². The Bertz CT molecular complexity index is 1040. The molecule has 32 heavy (non-hydrogen) atoms. The SMILES string of the molecule is COc1ccc(COc2ccc(-c3ccc(OC(F)(F)F)cc3)cc2CCC(=O)O)cc1. The standard InChI is InChI=1S/C24H21F3O5/c1-30-20-8-2-16(3-9-20)15-31-22-12-6-18(14-19(22)7-13-23(28)29)17-4-10-21(11-5-17)32-24(25,26)27/h2-6,8-12,14H,7,13,15H2,1H3,(H,28,29). The van der Waals surface area contributed by atoms with E-state index in [1.807, 2.05) is 24.3 Å². The highest BCUT2D eigenvalue weighted by Crippen LogP contribution is 2.31. The van der Waals surface area contributed by atoms with E-state index in [1.165, 1.54) is 24.3 Å². The minimum atomic E-state index is -4.76. The molecular weight excluding hydrogens is 425 g/mol. The summed E-state index contributed by atoms with van der Waals surface area (Å²) in [5, 5.41) is 9.07. The molecule has 1 N–H and O–H groups in total. The summed E-state index contributed by atoms with van der Waals surface area (Å²) >= 11 is 0. The number of hydrogen-bond donors (Lipinski definition) is 1. The molecule has 0 spiro atoms. The monoisotopic (exact) mass is 446 g/mol. The Hall–Kier alpha value is -3.68. The molecule has 0 amide bonds. The molecule has 0 atom stereocenters. The third-order valence-electron chi connectivity index (χ3n) is 4.64. The second kappa shape index (κ2) is 10.1. The normalized spacial score (nSPS) is 11.1. The third-order valence-corrected chi connectivity index (χ3v) is 4.64. The molecule has 0 aromatic heterocycles. The topological polar surface area (TPSA) is 65.0 Å². The lowest BCUT2D eigenvalue weighted by Crippen LogP contribution is -2.16. The fourth-order valence-corrected chi connectivity index (χ4v) is 3.07. The zero-order chi connectivity index (χ0) is 23.1. The molecule has 0 saturated carbocycles. The number of benzene rings is 3. The van der Waals surface area contributed by atoms with Gasteiger partial charge in [-0.15, -0.1) is 13.2 Å². The van der Waals surface area contributed by atoms with Gasteiger partial charge in [-0.05, 0) is 65.1 Å². The maximum absolute atomic E-state index is 12.4. The van der Waals surface area contributed by atoms with E-state index in [9.17, 15) is 18.0 Å². The molecular formula is C24H21F3O5. The van der Waals surface area contributed by atoms with Crippen LogP contribution in [0, 0.1) is 0 Å². The molecule has 3 aromatic carbocycles. The van der Waals surface area contributed by atoms with Crippen molar-refractivity contribution in [3.8, 4) is 28.4 Å². The average molecular weight is 446 g/mol. The van der Waals surface area contributed by atoms with Crippen molar-refractivity contribution in [3.63, 3.8) is 0 Å². The Kier molecular flexibility index (Phi) is 7.25. The van der Waals surface area contributed by atoms with Gasteiger partial charge in [0.15, 0.2) is 0 Å². The molecule has 0 aliphatic heterocycles. The van der Waals surface area contributed by atoms with Crippen molar-refractivity contribution in [1.29, 1.82) is 0 Å². The number of alkyl halides is 3. The Balaban J connectivity index is 1.79. The van der Waals surface area contributed by atoms with E-state index >= 15 is 0 Å². The zero-order valence-corrected chi connectivity index (χ0v) is 17.2. The number of methoxy groups -OCH3 is 1. The van der Waals surface area contributed by atoms with Gasteiger partial charge in [-0.1, -0.05) is 30.3 Å². The maximum Gasteiger partial charge on any atom is 0.573 e. The second-order valence-corrected chi connectivity index (χ2v) is 6.93. The van der Waals surface area contributed by atoms with Gasteiger partial charge in [-0.25, -0.2) is 0 Å². The van der Waals surface area contributed by atoms with E-state index in [-0.39, 0.29) is 25.2 Å². The summed E-state index contributed by atoms with van der Waals surface area (Å²) in [4.78, 5) is 11.1. The number of hydrogen-bond acceptors (Lipinski definition) is 4. The van der Waals surface area contributed by atoms with Gasteiger partial charge < -0.3 is 19.3 Å². The van der Waals surface area contributed by atoms with Crippen LogP contribution in [0.15, 0.2) is 66.7 Å². The van der Waals surface area contributed by atoms with Crippen LogP contribution in [0.4, 0.5) is 13.2 Å². The number of carboxylic acids is 1. The number of rotatable bonds is 9. The van der Waals surface area contributed by atoms with Crippen LogP contribution in [0.2, 0.25) is 0 Å². The molecule has 0 unspecified atom stereocenters. The Morgan fingerprint density at radius 1 is 0.906 bits per heavy atom. The fourth-order valence-electron chi connectivity index (χ4n) is 3.07. The van der Waals surface area contributed by atoms with Gasteiger partial charge in [0.1, 0.15) is 23.9 Å². The van der Waals surface area contributed by atoms with Crippen LogP contribution >= 0.6 is 0 Å². The first kappa shape index (κ1) is 23.0. The predicted molar refractivity (Wildman–Crippen MR) is 112 cm³/mol. The number of aryl methyl sites for hydroxylation is 1. The smallest absolute Gasteiger partial charge is 0.497 e. The minimum absolute atomic E-state index is 0.0826. The molecule has 8 heteroatoms. The Morgan fingerprint density at radius 3 is 2.12 bits per heavy atom. The molecule has 3 aromatic rings. The van der Waals surface area contributed by atoms with Crippen molar-refractivity contribution in [2.45, 2.75) is 25.8 Å². The Labute approximate surface area is 183 Å². The highest BCUT2D eigenvalue weighted by molar-refractivity contribution is 5.69. The van der Waals surface area contributed by atoms with Crippen molar-refractivity contribution in [2.24, 2.45) is 0 Å². The van der Waals surface area contributed by atoms with Crippen LogP contribution < -0.4 is 14.2 Å². The second-order valence-electron chi connectivity index (χ2n) is 6.93. The molecule has 0 bridgehead atoms. The summed E-state index contributed by atoms with van der Waals surface area (Å²) < 4.78 is 52.0. The predicted octanol–water partition coefficient (Wildman–Crippen LogP) is 5.86. The van der Waals surface area contributed by atoms with Crippen molar-refractivity contribution in [3.05, 3.63) is 77.9 Å². The van der Waals surface area contributed by atoms with E-state index in [2.05, 4.69) is 4.74 Å². The van der Waals surface area contributed by atoms with E-state index < -0.39 is 12.3 Å². The van der Waals surface area contributed by atoms with Crippen LogP contribution in [0.1, 0.15) is 17.5 Å². The van der Waals surface area contributed by atoms with Gasteiger partial charge in [0.05, 0.1) is 7.11 Å². The van der Waals surface area contributed by atoms with Gasteiger partial charge >= 0.3 is 12.3 Å². The third kappa shape index (κ3) is 6.66. The van der Waals surface area contributed by atoms with Gasteiger partial charge in [0.25, 0.3) is 0 Å². The van der Waals surface area contributed by atoms with E-state index in [1.54, 1.807) is 25.3 Å². The largest absolute Gasteiger partial charge is 0.573 e.